The minimum absolute atomic E-state index is 0.000373. The Morgan fingerprint density at radius 1 is 1.50 bits per heavy atom. The molecule has 0 saturated carbocycles. The second-order valence-electron chi connectivity index (χ2n) is 5.17. The minimum Gasteiger partial charge on any atom is -0.313 e. The van der Waals surface area contributed by atoms with E-state index in [1.807, 2.05) is 0 Å². The molecule has 0 spiro atoms. The van der Waals surface area contributed by atoms with Crippen LogP contribution in [0.3, 0.4) is 0 Å². The zero-order chi connectivity index (χ0) is 14.3. The zero-order valence-electron chi connectivity index (χ0n) is 10.6. The lowest BCUT2D eigenvalue weighted by Gasteiger charge is -2.14. The largest absolute Gasteiger partial charge is 0.313 e. The number of pyridine rings is 1. The molecule has 0 bridgehead atoms. The van der Waals surface area contributed by atoms with Gasteiger partial charge >= 0.3 is 0 Å². The van der Waals surface area contributed by atoms with Crippen LogP contribution in [0.25, 0.3) is 10.8 Å². The van der Waals surface area contributed by atoms with E-state index in [1.54, 1.807) is 22.9 Å². The van der Waals surface area contributed by atoms with Crippen LogP contribution in [-0.4, -0.2) is 11.3 Å². The third kappa shape index (κ3) is 2.16. The van der Waals surface area contributed by atoms with E-state index in [0.29, 0.717) is 16.2 Å². The predicted octanol–water partition coefficient (Wildman–Crippen LogP) is 3.41. The van der Waals surface area contributed by atoms with Crippen molar-refractivity contribution in [2.24, 2.45) is 0 Å². The van der Waals surface area contributed by atoms with E-state index < -0.39 is 5.82 Å². The fourth-order valence-corrected chi connectivity index (χ4v) is 3.37. The highest BCUT2D eigenvalue weighted by Gasteiger charge is 2.30. The van der Waals surface area contributed by atoms with Gasteiger partial charge < -0.3 is 4.57 Å². The Kier molecular flexibility index (Phi) is 3.39. The second kappa shape index (κ2) is 5.06. The Labute approximate surface area is 124 Å². The molecule has 100 valence electrons. The monoisotopic (exact) mass is 332 g/mol. The third-order valence-corrected chi connectivity index (χ3v) is 4.39. The van der Waals surface area contributed by atoms with Gasteiger partial charge in [-0.1, -0.05) is 22.3 Å². The summed E-state index contributed by atoms with van der Waals surface area (Å²) >= 11 is 3.22. The first-order valence-electron chi connectivity index (χ1n) is 6.49. The Balaban J connectivity index is 2.13. The molecule has 3 nitrogen and oxygen atoms in total. The Morgan fingerprint density at radius 3 is 3.00 bits per heavy atom. The molecule has 2 aromatic rings. The molecule has 1 unspecified atom stereocenters. The molecule has 1 aliphatic heterocycles. The van der Waals surface area contributed by atoms with Crippen molar-refractivity contribution >= 4 is 33.4 Å². The second-order valence-corrected chi connectivity index (χ2v) is 6.09. The van der Waals surface area contributed by atoms with Gasteiger partial charge in [-0.2, -0.15) is 0 Å². The molecule has 20 heavy (non-hydrogen) atoms. The van der Waals surface area contributed by atoms with Crippen LogP contribution in [0, 0.1) is 17.0 Å². The van der Waals surface area contributed by atoms with E-state index >= 15 is 0 Å². The number of hydrogen-bond acceptors (Lipinski definition) is 2. The van der Waals surface area contributed by atoms with Gasteiger partial charge in [-0.05, 0) is 36.3 Å². The first-order chi connectivity index (χ1) is 9.60. The smallest absolute Gasteiger partial charge is 0.269 e. The molecule has 1 saturated heterocycles. The van der Waals surface area contributed by atoms with Crippen molar-refractivity contribution in [3.05, 3.63) is 45.0 Å². The van der Waals surface area contributed by atoms with E-state index in [0.717, 1.165) is 12.7 Å². The Bertz CT molecular complexity index is 783. The third-order valence-electron chi connectivity index (χ3n) is 3.93. The van der Waals surface area contributed by atoms with Crippen LogP contribution < -0.4 is 5.56 Å². The highest BCUT2D eigenvalue weighted by molar-refractivity contribution is 9.10. The van der Waals surface area contributed by atoms with Crippen LogP contribution in [0.4, 0.5) is 4.39 Å². The molecule has 1 aliphatic rings. The van der Waals surface area contributed by atoms with Crippen LogP contribution in [0.5, 0.6) is 0 Å². The summed E-state index contributed by atoms with van der Waals surface area (Å²) in [7, 11) is 0. The van der Waals surface area contributed by atoms with E-state index in [-0.39, 0.29) is 23.7 Å². The van der Waals surface area contributed by atoms with Crippen molar-refractivity contribution in [2.45, 2.75) is 25.1 Å². The van der Waals surface area contributed by atoms with Crippen LogP contribution >= 0.6 is 15.9 Å². The van der Waals surface area contributed by atoms with Crippen LogP contribution in [-0.2, 0) is 0 Å². The molecular formula is C14H11BBrFN2O. The number of rotatable bonds is 1. The molecule has 6 heteroatoms. The zero-order valence-corrected chi connectivity index (χ0v) is 12.2. The maximum atomic E-state index is 14.0. The molecule has 3 rings (SSSR count). The fraction of sp³-hybridized carbons (Fsp3) is 0.286. The summed E-state index contributed by atoms with van der Waals surface area (Å²) in [6.45, 7) is -0.00244. The highest BCUT2D eigenvalue weighted by Crippen LogP contribution is 2.30. The average molecular weight is 333 g/mol. The lowest BCUT2D eigenvalue weighted by molar-refractivity contribution is 0.535. The number of halogens is 2. The van der Waals surface area contributed by atoms with Gasteiger partial charge in [-0.15, -0.1) is 0 Å². The molecular weight excluding hydrogens is 322 g/mol. The topological polar surface area (TPSA) is 45.8 Å². The van der Waals surface area contributed by atoms with Crippen molar-refractivity contribution in [1.82, 2.24) is 4.57 Å². The Morgan fingerprint density at radius 2 is 2.30 bits per heavy atom. The summed E-state index contributed by atoms with van der Waals surface area (Å²) in [5.74, 6) is 1.73. The summed E-state index contributed by atoms with van der Waals surface area (Å²) in [5, 5.41) is 9.66. The maximum absolute atomic E-state index is 14.0. The van der Waals surface area contributed by atoms with Crippen molar-refractivity contribution in [1.29, 1.82) is 5.26 Å². The molecule has 0 N–H and O–H groups in total. The molecule has 1 aromatic carbocycles. The average Bonchev–Trinajstić information content (AvgIpc) is 2.86. The lowest BCUT2D eigenvalue weighted by Crippen LogP contribution is -2.24. The Hall–Kier alpha value is -1.61. The summed E-state index contributed by atoms with van der Waals surface area (Å²) in [6.07, 6.45) is 3.97. The maximum Gasteiger partial charge on any atom is 0.269 e. The van der Waals surface area contributed by atoms with Gasteiger partial charge in [0.05, 0.1) is 5.39 Å². The number of hydrogen-bond donors (Lipinski definition) is 0. The van der Waals surface area contributed by atoms with Crippen molar-refractivity contribution < 1.29 is 4.39 Å². The summed E-state index contributed by atoms with van der Waals surface area (Å²) in [4.78, 5) is 12.5. The lowest BCUT2D eigenvalue weighted by atomic mass is 9.50. The van der Waals surface area contributed by atoms with E-state index in [1.165, 1.54) is 6.07 Å². The van der Waals surface area contributed by atoms with Gasteiger partial charge in [0, 0.05) is 22.7 Å². The number of benzene rings is 1. The van der Waals surface area contributed by atoms with E-state index in [4.69, 9.17) is 5.26 Å². The molecule has 2 heterocycles. The van der Waals surface area contributed by atoms with Gasteiger partial charge in [-0.25, -0.2) is 9.65 Å². The van der Waals surface area contributed by atoms with Crippen LogP contribution in [0.2, 0.25) is 12.6 Å². The van der Waals surface area contributed by atoms with Gasteiger partial charge in [0.15, 0.2) is 0 Å². The minimum atomic E-state index is -0.511. The van der Waals surface area contributed by atoms with Crippen LogP contribution in [0.1, 0.15) is 12.5 Å². The van der Waals surface area contributed by atoms with Crippen molar-refractivity contribution in [3.8, 4) is 5.97 Å². The summed E-state index contributed by atoms with van der Waals surface area (Å²) in [6, 6.07) is 4.79. The number of nitriles is 1. The van der Waals surface area contributed by atoms with Gasteiger partial charge in [0.1, 0.15) is 5.82 Å². The number of aromatic nitrogens is 1. The van der Waals surface area contributed by atoms with Crippen molar-refractivity contribution in [3.63, 3.8) is 0 Å². The summed E-state index contributed by atoms with van der Waals surface area (Å²) in [5.41, 5.74) is -0.309. The van der Waals surface area contributed by atoms with Gasteiger partial charge in [0.2, 0.25) is 0 Å². The normalized spacial score (nSPS) is 18.4. The van der Waals surface area contributed by atoms with Gasteiger partial charge in [0.25, 0.3) is 12.3 Å². The molecule has 0 amide bonds. The quantitative estimate of drug-likeness (QED) is 0.751. The van der Waals surface area contributed by atoms with Crippen molar-refractivity contribution in [2.75, 3.05) is 0 Å². The molecule has 0 radical (unpaired) electrons. The first kappa shape index (κ1) is 13.4. The van der Waals surface area contributed by atoms with Crippen LogP contribution in [0.15, 0.2) is 33.7 Å². The number of fused-ring (bicyclic) bond motifs is 1. The highest BCUT2D eigenvalue weighted by atomic mass is 79.9. The molecule has 1 atom stereocenters. The van der Waals surface area contributed by atoms with Gasteiger partial charge in [-0.3, -0.25) is 4.79 Å². The SMILES string of the molecule is N#CB1CCC(n2ccc3cc(Br)cc(F)c3c2=O)C1. The number of nitrogens with zero attached hydrogens (tertiary/aromatic N) is 2. The van der Waals surface area contributed by atoms with E-state index in [9.17, 15) is 9.18 Å². The fourth-order valence-electron chi connectivity index (χ4n) is 2.92. The molecule has 0 aliphatic carbocycles. The molecule has 1 aromatic heterocycles. The van der Waals surface area contributed by atoms with E-state index in [2.05, 4.69) is 21.9 Å². The standard InChI is InChI=1S/C14H11BBrFN2O/c16-10-5-9-2-4-19(11-1-3-15(7-11)8-18)14(20)13(9)12(17)6-10/h2,4-6,11H,1,3,7H2. The summed E-state index contributed by atoms with van der Waals surface area (Å²) < 4.78 is 16.2. The predicted molar refractivity (Wildman–Crippen MR) is 80.5 cm³/mol. The first-order valence-corrected chi connectivity index (χ1v) is 7.29. The molecule has 1 fully saturated rings.